The highest BCUT2D eigenvalue weighted by Crippen LogP contribution is 2.24. The van der Waals surface area contributed by atoms with E-state index < -0.39 is 0 Å². The fourth-order valence-corrected chi connectivity index (χ4v) is 3.45. The standard InChI is InChI=1S/C27H19N7O2/c35-27-26(31-30-22-17-15-21(16-18-22)29-28-20-7-3-1-4-8-20)25(19-11-13-23(33-36)14-12-19)32-34(27)24-9-5-2-6-10-24/h1-18,30H/b29-28+,31-26-. The van der Waals surface area contributed by atoms with Crippen LogP contribution in [0.15, 0.2) is 135 Å². The number of nitrogens with zero attached hydrogens (tertiary/aromatic N) is 6. The van der Waals surface area contributed by atoms with E-state index in [0.717, 1.165) is 5.69 Å². The first-order valence-corrected chi connectivity index (χ1v) is 11.0. The van der Waals surface area contributed by atoms with Gasteiger partial charge in [-0.05, 0) is 65.8 Å². The zero-order valence-corrected chi connectivity index (χ0v) is 18.9. The minimum Gasteiger partial charge on any atom is -0.278 e. The van der Waals surface area contributed by atoms with Gasteiger partial charge in [-0.15, -0.1) is 4.91 Å². The molecule has 0 unspecified atom stereocenters. The molecule has 0 saturated carbocycles. The van der Waals surface area contributed by atoms with Crippen molar-refractivity contribution in [3.63, 3.8) is 0 Å². The Hall–Kier alpha value is -5.31. The highest BCUT2D eigenvalue weighted by molar-refractivity contribution is 6.74. The summed E-state index contributed by atoms with van der Waals surface area (Å²) in [6.45, 7) is 0. The van der Waals surface area contributed by atoms with Crippen LogP contribution >= 0.6 is 0 Å². The molecule has 0 saturated heterocycles. The van der Waals surface area contributed by atoms with Gasteiger partial charge >= 0.3 is 5.91 Å². The predicted octanol–water partition coefficient (Wildman–Crippen LogP) is 6.72. The van der Waals surface area contributed by atoms with E-state index in [1.54, 1.807) is 60.7 Å². The van der Waals surface area contributed by atoms with Crippen molar-refractivity contribution in [3.05, 3.63) is 120 Å². The van der Waals surface area contributed by atoms with Crippen LogP contribution < -0.4 is 10.4 Å². The molecule has 0 bridgehead atoms. The highest BCUT2D eigenvalue weighted by Gasteiger charge is 2.34. The molecule has 5 rings (SSSR count). The number of hydrazone groups is 2. The summed E-state index contributed by atoms with van der Waals surface area (Å²) in [5.41, 5.74) is 7.07. The number of para-hydroxylation sites is 1. The number of rotatable bonds is 7. The SMILES string of the molecule is O=Nc1ccc(C2=NN(c3ccccc3)C(=O)/C2=N\Nc2ccc(/N=N/c3ccccc3)cc2)cc1. The summed E-state index contributed by atoms with van der Waals surface area (Å²) in [6.07, 6.45) is 0. The van der Waals surface area contributed by atoms with E-state index in [9.17, 15) is 9.70 Å². The average molecular weight is 473 g/mol. The van der Waals surface area contributed by atoms with Crippen molar-refractivity contribution in [1.82, 2.24) is 0 Å². The van der Waals surface area contributed by atoms with Crippen molar-refractivity contribution in [2.75, 3.05) is 10.4 Å². The molecule has 0 aliphatic carbocycles. The molecule has 1 N–H and O–H groups in total. The molecule has 4 aromatic carbocycles. The van der Waals surface area contributed by atoms with Crippen LogP contribution in [-0.2, 0) is 4.79 Å². The second-order valence-electron chi connectivity index (χ2n) is 7.69. The minimum absolute atomic E-state index is 0.138. The maximum absolute atomic E-state index is 13.3. The topological polar surface area (TPSA) is 111 Å². The van der Waals surface area contributed by atoms with Gasteiger partial charge in [0.05, 0.1) is 22.7 Å². The summed E-state index contributed by atoms with van der Waals surface area (Å²) in [6, 6.07) is 32.2. The predicted molar refractivity (Wildman–Crippen MR) is 140 cm³/mol. The van der Waals surface area contributed by atoms with Gasteiger partial charge in [0, 0.05) is 5.56 Å². The number of carbonyl (C=O) groups is 1. The number of carbonyl (C=O) groups excluding carboxylic acids is 1. The van der Waals surface area contributed by atoms with Crippen molar-refractivity contribution in [3.8, 4) is 0 Å². The summed E-state index contributed by atoms with van der Waals surface area (Å²) < 4.78 is 0. The Morgan fingerprint density at radius 1 is 0.667 bits per heavy atom. The molecule has 0 atom stereocenters. The number of azo groups is 1. The summed E-state index contributed by atoms with van der Waals surface area (Å²) in [5.74, 6) is -0.380. The van der Waals surface area contributed by atoms with Gasteiger partial charge in [-0.1, -0.05) is 48.5 Å². The second kappa shape index (κ2) is 10.3. The van der Waals surface area contributed by atoms with E-state index in [1.807, 2.05) is 48.5 Å². The van der Waals surface area contributed by atoms with Gasteiger partial charge in [0.1, 0.15) is 11.4 Å². The lowest BCUT2D eigenvalue weighted by Crippen LogP contribution is -2.28. The summed E-state index contributed by atoms with van der Waals surface area (Å²) in [4.78, 5) is 24.1. The molecule has 1 heterocycles. The van der Waals surface area contributed by atoms with E-state index >= 15 is 0 Å². The summed E-state index contributed by atoms with van der Waals surface area (Å²) in [5, 5.41) is 21.6. The zero-order chi connectivity index (χ0) is 24.7. The van der Waals surface area contributed by atoms with Crippen LogP contribution in [0, 0.1) is 4.91 Å². The molecule has 0 radical (unpaired) electrons. The monoisotopic (exact) mass is 473 g/mol. The molecule has 4 aromatic rings. The fourth-order valence-electron chi connectivity index (χ4n) is 3.45. The second-order valence-corrected chi connectivity index (χ2v) is 7.69. The maximum atomic E-state index is 13.3. The van der Waals surface area contributed by atoms with Crippen LogP contribution in [0.2, 0.25) is 0 Å². The molecular weight excluding hydrogens is 454 g/mol. The Bertz CT molecular complexity index is 1460. The Kier molecular flexibility index (Phi) is 6.44. The van der Waals surface area contributed by atoms with Crippen LogP contribution in [0.4, 0.5) is 28.4 Å². The van der Waals surface area contributed by atoms with Gasteiger partial charge in [0.2, 0.25) is 0 Å². The number of benzene rings is 4. The van der Waals surface area contributed by atoms with Gasteiger partial charge in [0.15, 0.2) is 5.71 Å². The lowest BCUT2D eigenvalue weighted by atomic mass is 10.1. The van der Waals surface area contributed by atoms with Gasteiger partial charge in [-0.3, -0.25) is 10.2 Å². The van der Waals surface area contributed by atoms with E-state index in [2.05, 4.69) is 31.0 Å². The lowest BCUT2D eigenvalue weighted by Gasteiger charge is -2.10. The van der Waals surface area contributed by atoms with E-state index in [-0.39, 0.29) is 17.3 Å². The number of nitroso groups, excluding NO2 is 1. The van der Waals surface area contributed by atoms with Gasteiger partial charge < -0.3 is 0 Å². The molecule has 174 valence electrons. The van der Waals surface area contributed by atoms with Crippen molar-refractivity contribution in [1.29, 1.82) is 0 Å². The van der Waals surface area contributed by atoms with Gasteiger partial charge in [-0.25, -0.2) is 0 Å². The highest BCUT2D eigenvalue weighted by atomic mass is 16.3. The minimum atomic E-state index is -0.380. The molecule has 9 nitrogen and oxygen atoms in total. The normalized spacial score (nSPS) is 14.3. The number of nitrogens with one attached hydrogen (secondary N) is 1. The third-order valence-corrected chi connectivity index (χ3v) is 5.27. The van der Waals surface area contributed by atoms with Gasteiger partial charge in [-0.2, -0.15) is 25.4 Å². The van der Waals surface area contributed by atoms with Crippen LogP contribution in [-0.4, -0.2) is 17.3 Å². The number of hydrogen-bond acceptors (Lipinski definition) is 8. The molecule has 9 heteroatoms. The van der Waals surface area contributed by atoms with Gasteiger partial charge in [0.25, 0.3) is 0 Å². The van der Waals surface area contributed by atoms with Crippen LogP contribution in [0.5, 0.6) is 0 Å². The van der Waals surface area contributed by atoms with E-state index in [0.29, 0.717) is 28.3 Å². The Labute approximate surface area is 206 Å². The summed E-state index contributed by atoms with van der Waals surface area (Å²) in [7, 11) is 0. The quantitative estimate of drug-likeness (QED) is 0.183. The van der Waals surface area contributed by atoms with Crippen LogP contribution in [0.3, 0.4) is 0 Å². The third-order valence-electron chi connectivity index (χ3n) is 5.27. The number of amides is 1. The smallest absolute Gasteiger partial charge is 0.278 e. The largest absolute Gasteiger partial charge is 0.301 e. The average Bonchev–Trinajstić information content (AvgIpc) is 3.28. The van der Waals surface area contributed by atoms with E-state index in [4.69, 9.17) is 0 Å². The summed E-state index contributed by atoms with van der Waals surface area (Å²) >= 11 is 0. The first-order chi connectivity index (χ1) is 17.7. The number of anilines is 2. The Morgan fingerprint density at radius 2 is 1.25 bits per heavy atom. The zero-order valence-electron chi connectivity index (χ0n) is 18.9. The van der Waals surface area contributed by atoms with Crippen molar-refractivity contribution in [2.45, 2.75) is 0 Å². The van der Waals surface area contributed by atoms with Crippen molar-refractivity contribution in [2.24, 2.45) is 25.6 Å². The molecular formula is C27H19N7O2. The first-order valence-electron chi connectivity index (χ1n) is 11.0. The Balaban J connectivity index is 1.39. The van der Waals surface area contributed by atoms with Crippen molar-refractivity contribution < 1.29 is 4.79 Å². The molecule has 36 heavy (non-hydrogen) atoms. The molecule has 1 aliphatic rings. The van der Waals surface area contributed by atoms with E-state index in [1.165, 1.54) is 5.01 Å². The van der Waals surface area contributed by atoms with Crippen LogP contribution in [0.1, 0.15) is 5.56 Å². The first kappa shape index (κ1) is 22.5. The maximum Gasteiger partial charge on any atom is 0.301 e. The fraction of sp³-hybridized carbons (Fsp3) is 0. The Morgan fingerprint density at radius 3 is 1.89 bits per heavy atom. The third kappa shape index (κ3) is 4.95. The molecule has 0 aromatic heterocycles. The molecule has 0 fully saturated rings. The lowest BCUT2D eigenvalue weighted by molar-refractivity contribution is -0.112. The van der Waals surface area contributed by atoms with Crippen LogP contribution in [0.25, 0.3) is 0 Å². The molecule has 1 aliphatic heterocycles. The molecule has 1 amide bonds. The molecule has 0 spiro atoms. The number of hydrogen-bond donors (Lipinski definition) is 1. The van der Waals surface area contributed by atoms with Crippen molar-refractivity contribution >= 4 is 45.8 Å².